The van der Waals surface area contributed by atoms with Crippen molar-refractivity contribution in [3.63, 3.8) is 0 Å². The Morgan fingerprint density at radius 3 is 2.71 bits per heavy atom. The summed E-state index contributed by atoms with van der Waals surface area (Å²) in [6.45, 7) is 5.49. The number of carbonyl (C=O) groups is 1. The van der Waals surface area contributed by atoms with Crippen molar-refractivity contribution in [2.75, 3.05) is 38.2 Å². The lowest BCUT2D eigenvalue weighted by atomic mass is 9.99. The van der Waals surface area contributed by atoms with Gasteiger partial charge in [-0.3, -0.25) is 4.79 Å². The Morgan fingerprint density at radius 1 is 1.24 bits per heavy atom. The standard InChI is InChI=1S/C16H22N2O3/c1-12-4-6-18(7-5-12)16(19)11-17-13-2-3-14-15(10-13)21-9-8-20-14/h2-3,10,12,17H,4-9,11H2,1H3. The molecule has 0 aromatic heterocycles. The monoisotopic (exact) mass is 290 g/mol. The number of anilines is 1. The molecule has 0 atom stereocenters. The summed E-state index contributed by atoms with van der Waals surface area (Å²) in [5.74, 6) is 2.41. The topological polar surface area (TPSA) is 50.8 Å². The van der Waals surface area contributed by atoms with Gasteiger partial charge in [0.25, 0.3) is 0 Å². The Kier molecular flexibility index (Phi) is 4.18. The number of ether oxygens (including phenoxy) is 2. The maximum absolute atomic E-state index is 12.2. The number of rotatable bonds is 3. The van der Waals surface area contributed by atoms with Crippen LogP contribution in [0.5, 0.6) is 11.5 Å². The van der Waals surface area contributed by atoms with Gasteiger partial charge in [-0.05, 0) is 30.9 Å². The highest BCUT2D eigenvalue weighted by atomic mass is 16.6. The van der Waals surface area contributed by atoms with E-state index in [-0.39, 0.29) is 5.91 Å². The molecule has 1 aromatic rings. The van der Waals surface area contributed by atoms with Crippen LogP contribution in [0, 0.1) is 5.92 Å². The van der Waals surface area contributed by atoms with Crippen molar-refractivity contribution in [3.8, 4) is 11.5 Å². The summed E-state index contributed by atoms with van der Waals surface area (Å²) < 4.78 is 11.0. The SMILES string of the molecule is CC1CCN(C(=O)CNc2ccc3c(c2)OCCO3)CC1. The first-order valence-electron chi connectivity index (χ1n) is 7.63. The second-order valence-corrected chi connectivity index (χ2v) is 5.78. The molecule has 3 rings (SSSR count). The van der Waals surface area contributed by atoms with E-state index in [1.165, 1.54) is 0 Å². The number of fused-ring (bicyclic) bond motifs is 1. The Bertz CT molecular complexity index is 510. The Balaban J connectivity index is 1.54. The van der Waals surface area contributed by atoms with Crippen LogP contribution in [0.2, 0.25) is 0 Å². The third-order valence-electron chi connectivity index (χ3n) is 4.12. The smallest absolute Gasteiger partial charge is 0.241 e. The van der Waals surface area contributed by atoms with E-state index in [2.05, 4.69) is 12.2 Å². The Hall–Kier alpha value is -1.91. The summed E-state index contributed by atoms with van der Waals surface area (Å²) in [5, 5.41) is 3.18. The van der Waals surface area contributed by atoms with E-state index >= 15 is 0 Å². The van der Waals surface area contributed by atoms with Crippen LogP contribution in [-0.2, 0) is 4.79 Å². The van der Waals surface area contributed by atoms with Crippen LogP contribution in [0.3, 0.4) is 0 Å². The fourth-order valence-electron chi connectivity index (χ4n) is 2.70. The normalized spacial score (nSPS) is 18.4. The summed E-state index contributed by atoms with van der Waals surface area (Å²) in [5.41, 5.74) is 0.887. The number of piperidine rings is 1. The van der Waals surface area contributed by atoms with Gasteiger partial charge in [0.2, 0.25) is 5.91 Å². The number of hydrogen-bond acceptors (Lipinski definition) is 4. The molecule has 0 spiro atoms. The largest absolute Gasteiger partial charge is 0.486 e. The van der Waals surface area contributed by atoms with E-state index in [0.29, 0.717) is 19.8 Å². The first-order valence-corrected chi connectivity index (χ1v) is 7.63. The zero-order chi connectivity index (χ0) is 14.7. The second kappa shape index (κ2) is 6.24. The number of hydrogen-bond donors (Lipinski definition) is 1. The molecular formula is C16H22N2O3. The highest BCUT2D eigenvalue weighted by Gasteiger charge is 2.20. The summed E-state index contributed by atoms with van der Waals surface area (Å²) >= 11 is 0. The van der Waals surface area contributed by atoms with Crippen LogP contribution in [-0.4, -0.2) is 43.7 Å². The van der Waals surface area contributed by atoms with Crippen molar-refractivity contribution in [3.05, 3.63) is 18.2 Å². The van der Waals surface area contributed by atoms with Crippen molar-refractivity contribution in [1.29, 1.82) is 0 Å². The quantitative estimate of drug-likeness (QED) is 0.926. The van der Waals surface area contributed by atoms with E-state index in [1.807, 2.05) is 23.1 Å². The van der Waals surface area contributed by atoms with Gasteiger partial charge in [-0.2, -0.15) is 0 Å². The van der Waals surface area contributed by atoms with E-state index < -0.39 is 0 Å². The van der Waals surface area contributed by atoms with Gasteiger partial charge in [0.1, 0.15) is 13.2 Å². The molecule has 2 heterocycles. The van der Waals surface area contributed by atoms with Crippen LogP contribution in [0.15, 0.2) is 18.2 Å². The molecule has 1 N–H and O–H groups in total. The molecule has 1 amide bonds. The fraction of sp³-hybridized carbons (Fsp3) is 0.562. The van der Waals surface area contributed by atoms with Crippen molar-refractivity contribution in [2.24, 2.45) is 5.92 Å². The van der Waals surface area contributed by atoms with Crippen LogP contribution in [0.4, 0.5) is 5.69 Å². The van der Waals surface area contributed by atoms with E-state index in [4.69, 9.17) is 9.47 Å². The molecule has 1 fully saturated rings. The zero-order valence-electron chi connectivity index (χ0n) is 12.4. The molecule has 1 saturated heterocycles. The summed E-state index contributed by atoms with van der Waals surface area (Å²) in [7, 11) is 0. The Morgan fingerprint density at radius 2 is 1.95 bits per heavy atom. The highest BCUT2D eigenvalue weighted by molar-refractivity contribution is 5.81. The molecule has 5 nitrogen and oxygen atoms in total. The summed E-state index contributed by atoms with van der Waals surface area (Å²) in [6, 6.07) is 5.68. The lowest BCUT2D eigenvalue weighted by molar-refractivity contribution is -0.130. The van der Waals surface area contributed by atoms with Gasteiger partial charge in [-0.1, -0.05) is 6.92 Å². The average molecular weight is 290 g/mol. The molecule has 1 aromatic carbocycles. The predicted octanol–water partition coefficient (Wildman–Crippen LogP) is 2.13. The van der Waals surface area contributed by atoms with Crippen molar-refractivity contribution >= 4 is 11.6 Å². The minimum absolute atomic E-state index is 0.164. The molecule has 0 unspecified atom stereocenters. The van der Waals surface area contributed by atoms with Crippen molar-refractivity contribution in [1.82, 2.24) is 4.90 Å². The van der Waals surface area contributed by atoms with E-state index in [9.17, 15) is 4.79 Å². The third kappa shape index (κ3) is 3.40. The predicted molar refractivity (Wildman–Crippen MR) is 80.9 cm³/mol. The fourth-order valence-corrected chi connectivity index (χ4v) is 2.70. The number of likely N-dealkylation sites (tertiary alicyclic amines) is 1. The maximum atomic E-state index is 12.2. The third-order valence-corrected chi connectivity index (χ3v) is 4.12. The van der Waals surface area contributed by atoms with E-state index in [1.54, 1.807) is 0 Å². The average Bonchev–Trinajstić information content (AvgIpc) is 2.53. The number of nitrogens with one attached hydrogen (secondary N) is 1. The van der Waals surface area contributed by atoms with Gasteiger partial charge in [0, 0.05) is 24.8 Å². The highest BCUT2D eigenvalue weighted by Crippen LogP contribution is 2.32. The summed E-state index contributed by atoms with van der Waals surface area (Å²) in [4.78, 5) is 14.1. The van der Waals surface area contributed by atoms with Gasteiger partial charge >= 0.3 is 0 Å². The van der Waals surface area contributed by atoms with Gasteiger partial charge in [0.15, 0.2) is 11.5 Å². The number of nitrogens with zero attached hydrogens (tertiary/aromatic N) is 1. The number of amides is 1. The molecule has 2 aliphatic rings. The summed E-state index contributed by atoms with van der Waals surface area (Å²) in [6.07, 6.45) is 2.21. The first kappa shape index (κ1) is 14.0. The van der Waals surface area contributed by atoms with Crippen molar-refractivity contribution in [2.45, 2.75) is 19.8 Å². The molecule has 0 aliphatic carbocycles. The molecule has 0 saturated carbocycles. The van der Waals surface area contributed by atoms with Crippen LogP contribution >= 0.6 is 0 Å². The minimum Gasteiger partial charge on any atom is -0.486 e. The van der Waals surface area contributed by atoms with Gasteiger partial charge < -0.3 is 19.7 Å². The first-order chi connectivity index (χ1) is 10.2. The maximum Gasteiger partial charge on any atom is 0.241 e. The minimum atomic E-state index is 0.164. The van der Waals surface area contributed by atoms with Crippen LogP contribution < -0.4 is 14.8 Å². The van der Waals surface area contributed by atoms with Crippen LogP contribution in [0.25, 0.3) is 0 Å². The molecule has 0 radical (unpaired) electrons. The molecule has 0 bridgehead atoms. The lowest BCUT2D eigenvalue weighted by Crippen LogP contribution is -2.40. The van der Waals surface area contributed by atoms with Crippen molar-refractivity contribution < 1.29 is 14.3 Å². The second-order valence-electron chi connectivity index (χ2n) is 5.78. The molecule has 5 heteroatoms. The molecule has 2 aliphatic heterocycles. The zero-order valence-corrected chi connectivity index (χ0v) is 12.4. The lowest BCUT2D eigenvalue weighted by Gasteiger charge is -2.30. The molecular weight excluding hydrogens is 268 g/mol. The van der Waals surface area contributed by atoms with E-state index in [0.717, 1.165) is 49.0 Å². The van der Waals surface area contributed by atoms with Gasteiger partial charge in [0.05, 0.1) is 6.54 Å². The van der Waals surface area contributed by atoms with Gasteiger partial charge in [-0.25, -0.2) is 0 Å². The molecule has 21 heavy (non-hydrogen) atoms. The van der Waals surface area contributed by atoms with Gasteiger partial charge in [-0.15, -0.1) is 0 Å². The number of benzene rings is 1. The van der Waals surface area contributed by atoms with Crippen LogP contribution in [0.1, 0.15) is 19.8 Å². The Labute approximate surface area is 125 Å². The molecule has 114 valence electrons. The number of carbonyl (C=O) groups excluding carboxylic acids is 1.